The van der Waals surface area contributed by atoms with Crippen LogP contribution in [0.25, 0.3) is 5.69 Å². The minimum Gasteiger partial charge on any atom is -0.373 e. The lowest BCUT2D eigenvalue weighted by Crippen LogP contribution is -2.41. The van der Waals surface area contributed by atoms with Crippen molar-refractivity contribution in [2.75, 3.05) is 5.32 Å². The number of benzene rings is 2. The lowest BCUT2D eigenvalue weighted by atomic mass is 9.76. The summed E-state index contributed by atoms with van der Waals surface area (Å²) in [6.45, 7) is 4.31. The van der Waals surface area contributed by atoms with Gasteiger partial charge in [-0.1, -0.05) is 42.8 Å². The molecule has 1 aromatic heterocycles. The lowest BCUT2D eigenvalue weighted by molar-refractivity contribution is 0.255. The van der Waals surface area contributed by atoms with E-state index in [1.54, 1.807) is 0 Å². The molecule has 0 aliphatic heterocycles. The fourth-order valence-electron chi connectivity index (χ4n) is 3.83. The summed E-state index contributed by atoms with van der Waals surface area (Å²) in [6.07, 6.45) is 4.26. The van der Waals surface area contributed by atoms with Crippen molar-refractivity contribution in [1.29, 1.82) is 0 Å². The first-order valence-corrected chi connectivity index (χ1v) is 9.84. The fraction of sp³-hybridized carbons (Fsp3) is 0.381. The monoisotopic (exact) mass is 381 g/mol. The second kappa shape index (κ2) is 7.31. The van der Waals surface area contributed by atoms with Crippen LogP contribution in [0.2, 0.25) is 5.02 Å². The molecule has 3 aromatic rings. The highest BCUT2D eigenvalue weighted by Gasteiger charge is 2.40. The first-order valence-electron chi connectivity index (χ1n) is 9.46. The summed E-state index contributed by atoms with van der Waals surface area (Å²) in [5.74, 6) is 1.56. The van der Waals surface area contributed by atoms with Crippen LogP contribution in [-0.2, 0) is 5.54 Å². The quantitative estimate of drug-likeness (QED) is 0.679. The van der Waals surface area contributed by atoms with E-state index >= 15 is 0 Å². The molecule has 6 heteroatoms. The molecule has 1 fully saturated rings. The van der Waals surface area contributed by atoms with Gasteiger partial charge in [0.2, 0.25) is 0 Å². The van der Waals surface area contributed by atoms with Crippen molar-refractivity contribution in [3.05, 3.63) is 64.9 Å². The van der Waals surface area contributed by atoms with E-state index in [4.69, 9.17) is 11.6 Å². The summed E-state index contributed by atoms with van der Waals surface area (Å²) in [5, 5.41) is 17.2. The molecular formula is C21H24ClN5. The van der Waals surface area contributed by atoms with Gasteiger partial charge in [0.25, 0.3) is 0 Å². The van der Waals surface area contributed by atoms with Gasteiger partial charge in [-0.15, -0.1) is 5.10 Å². The van der Waals surface area contributed by atoms with E-state index in [2.05, 4.69) is 39.9 Å². The largest absolute Gasteiger partial charge is 0.373 e. The third-order valence-corrected chi connectivity index (χ3v) is 5.99. The summed E-state index contributed by atoms with van der Waals surface area (Å²) in [4.78, 5) is 0. The van der Waals surface area contributed by atoms with Gasteiger partial charge in [-0.25, -0.2) is 0 Å². The minimum absolute atomic E-state index is 0.297. The van der Waals surface area contributed by atoms with Gasteiger partial charge in [0.1, 0.15) is 0 Å². The van der Waals surface area contributed by atoms with Crippen LogP contribution in [0, 0.1) is 12.8 Å². The molecule has 1 heterocycles. The average Bonchev–Trinajstić information content (AvgIpc) is 3.17. The van der Waals surface area contributed by atoms with E-state index in [0.29, 0.717) is 5.92 Å². The van der Waals surface area contributed by atoms with Gasteiger partial charge in [0.05, 0.1) is 11.2 Å². The van der Waals surface area contributed by atoms with Crippen molar-refractivity contribution < 1.29 is 0 Å². The molecule has 0 radical (unpaired) electrons. The van der Waals surface area contributed by atoms with Crippen molar-refractivity contribution in [3.8, 4) is 5.69 Å². The van der Waals surface area contributed by atoms with Crippen LogP contribution in [0.5, 0.6) is 0 Å². The van der Waals surface area contributed by atoms with E-state index in [0.717, 1.165) is 53.5 Å². The predicted molar refractivity (Wildman–Crippen MR) is 108 cm³/mol. The molecule has 2 aromatic carbocycles. The fourth-order valence-corrected chi connectivity index (χ4v) is 4.00. The summed E-state index contributed by atoms with van der Waals surface area (Å²) in [6, 6.07) is 16.3. The second-order valence-electron chi connectivity index (χ2n) is 7.60. The molecule has 5 nitrogen and oxygen atoms in total. The first-order chi connectivity index (χ1) is 13.1. The number of halogens is 1. The van der Waals surface area contributed by atoms with Gasteiger partial charge < -0.3 is 5.32 Å². The Labute approximate surface area is 164 Å². The zero-order valence-electron chi connectivity index (χ0n) is 15.7. The van der Waals surface area contributed by atoms with Gasteiger partial charge in [-0.2, -0.15) is 4.68 Å². The highest BCUT2D eigenvalue weighted by atomic mass is 35.5. The van der Waals surface area contributed by atoms with Crippen LogP contribution in [0.1, 0.15) is 44.0 Å². The van der Waals surface area contributed by atoms with Gasteiger partial charge >= 0.3 is 0 Å². The number of aromatic nitrogens is 4. The topological polar surface area (TPSA) is 55.6 Å². The van der Waals surface area contributed by atoms with E-state index in [9.17, 15) is 0 Å². The molecule has 0 bridgehead atoms. The number of tetrazole rings is 1. The molecule has 0 unspecified atom stereocenters. The van der Waals surface area contributed by atoms with Crippen molar-refractivity contribution in [2.24, 2.45) is 5.92 Å². The van der Waals surface area contributed by atoms with Crippen LogP contribution in [-0.4, -0.2) is 20.2 Å². The Morgan fingerprint density at radius 3 is 2.56 bits per heavy atom. The molecule has 140 valence electrons. The molecule has 1 aliphatic rings. The minimum atomic E-state index is -0.297. The lowest BCUT2D eigenvalue weighted by Gasteiger charge is -2.39. The van der Waals surface area contributed by atoms with Gasteiger partial charge in [0, 0.05) is 10.7 Å². The molecule has 1 aliphatic carbocycles. The zero-order chi connectivity index (χ0) is 18.9. The third kappa shape index (κ3) is 3.56. The van der Waals surface area contributed by atoms with Crippen LogP contribution >= 0.6 is 11.6 Å². The van der Waals surface area contributed by atoms with E-state index < -0.39 is 0 Å². The number of hydrogen-bond donors (Lipinski definition) is 1. The highest BCUT2D eigenvalue weighted by molar-refractivity contribution is 6.31. The maximum Gasteiger partial charge on any atom is 0.181 e. The molecule has 1 N–H and O–H groups in total. The van der Waals surface area contributed by atoms with Gasteiger partial charge in [-0.05, 0) is 78.8 Å². The number of para-hydroxylation sites is 1. The van der Waals surface area contributed by atoms with Crippen molar-refractivity contribution >= 4 is 17.3 Å². The Balaban J connectivity index is 1.77. The maximum atomic E-state index is 6.35. The Hall–Kier alpha value is -2.40. The smallest absolute Gasteiger partial charge is 0.181 e. The molecule has 27 heavy (non-hydrogen) atoms. The summed E-state index contributed by atoms with van der Waals surface area (Å²) >= 11 is 6.35. The van der Waals surface area contributed by atoms with Crippen LogP contribution < -0.4 is 5.32 Å². The number of nitrogens with zero attached hydrogens (tertiary/aromatic N) is 4. The molecule has 0 saturated heterocycles. The molecule has 0 atom stereocenters. The number of nitrogens with one attached hydrogen (secondary N) is 1. The van der Waals surface area contributed by atoms with Crippen LogP contribution in [0.15, 0.2) is 48.5 Å². The molecule has 4 rings (SSSR count). The predicted octanol–water partition coefficient (Wildman–Crippen LogP) is 5.14. The van der Waals surface area contributed by atoms with E-state index in [1.165, 1.54) is 0 Å². The standard InChI is InChI=1S/C21H24ClN5/c1-15-10-12-21(13-11-15,23-17-6-4-3-5-7-17)20-24-25-26-27(20)18-9-8-16(2)19(22)14-18/h3-9,14-15,23H,10-13H2,1-2H3. The summed E-state index contributed by atoms with van der Waals surface area (Å²) in [5.41, 5.74) is 2.72. The van der Waals surface area contributed by atoms with Crippen molar-refractivity contribution in [3.63, 3.8) is 0 Å². The van der Waals surface area contributed by atoms with Gasteiger partial charge in [0.15, 0.2) is 5.82 Å². The molecule has 1 saturated carbocycles. The number of rotatable bonds is 4. The normalized spacial score (nSPS) is 22.6. The first kappa shape index (κ1) is 18.0. The third-order valence-electron chi connectivity index (χ3n) is 5.58. The highest BCUT2D eigenvalue weighted by Crippen LogP contribution is 2.41. The number of hydrogen-bond acceptors (Lipinski definition) is 4. The Morgan fingerprint density at radius 1 is 1.11 bits per heavy atom. The Bertz CT molecular complexity index is 913. The molecule has 0 spiro atoms. The molecular weight excluding hydrogens is 358 g/mol. The van der Waals surface area contributed by atoms with Crippen molar-refractivity contribution in [1.82, 2.24) is 20.2 Å². The summed E-state index contributed by atoms with van der Waals surface area (Å²) < 4.78 is 1.83. The average molecular weight is 382 g/mol. The summed E-state index contributed by atoms with van der Waals surface area (Å²) in [7, 11) is 0. The maximum absolute atomic E-state index is 6.35. The van der Waals surface area contributed by atoms with E-state index in [1.807, 2.05) is 48.0 Å². The van der Waals surface area contributed by atoms with Crippen LogP contribution in [0.4, 0.5) is 5.69 Å². The Morgan fingerprint density at radius 2 is 1.85 bits per heavy atom. The van der Waals surface area contributed by atoms with E-state index in [-0.39, 0.29) is 5.54 Å². The van der Waals surface area contributed by atoms with Gasteiger partial charge in [-0.3, -0.25) is 0 Å². The van der Waals surface area contributed by atoms with Crippen molar-refractivity contribution in [2.45, 2.75) is 45.1 Å². The SMILES string of the molecule is Cc1ccc(-n2nnnc2C2(Nc3ccccc3)CCC(C)CC2)cc1Cl. The second-order valence-corrected chi connectivity index (χ2v) is 8.01. The number of anilines is 1. The number of aryl methyl sites for hydroxylation is 1. The zero-order valence-corrected chi connectivity index (χ0v) is 16.4. The Kier molecular flexibility index (Phi) is 4.87. The van der Waals surface area contributed by atoms with Crippen LogP contribution in [0.3, 0.4) is 0 Å². The molecule has 0 amide bonds.